The van der Waals surface area contributed by atoms with Crippen LogP contribution >= 0.6 is 0 Å². The highest BCUT2D eigenvalue weighted by Crippen LogP contribution is 2.37. The second-order valence-electron chi connectivity index (χ2n) is 8.02. The first-order chi connectivity index (χ1) is 14.0. The standard InChI is InChI=1S/C23H27N5O/c1-16(2)28-15-19(13-25-28)23(29)26-21-20(18-7-5-4-6-8-18)9-11-24-22(21)27-12-10-17(3)14-27/h4-9,11,13,15-17H,10,12,14H2,1-3H3,(H,26,29)/t17-/m0/s1. The van der Waals surface area contributed by atoms with Crippen LogP contribution < -0.4 is 10.2 Å². The largest absolute Gasteiger partial charge is 0.355 e. The number of nitrogens with one attached hydrogen (secondary N) is 1. The normalized spacial score (nSPS) is 16.4. The number of hydrogen-bond donors (Lipinski definition) is 1. The Morgan fingerprint density at radius 2 is 2.00 bits per heavy atom. The van der Waals surface area contributed by atoms with Crippen molar-refractivity contribution < 1.29 is 4.79 Å². The Morgan fingerprint density at radius 3 is 2.66 bits per heavy atom. The summed E-state index contributed by atoms with van der Waals surface area (Å²) in [5.74, 6) is 1.28. The number of rotatable bonds is 5. The third kappa shape index (κ3) is 4.01. The molecule has 6 nitrogen and oxygen atoms in total. The minimum Gasteiger partial charge on any atom is -0.355 e. The SMILES string of the molecule is CC(C)n1cc(C(=O)Nc2c(-c3ccccc3)ccnc2N2CC[C@H](C)C2)cn1. The summed E-state index contributed by atoms with van der Waals surface area (Å²) in [6.45, 7) is 8.21. The highest BCUT2D eigenvalue weighted by molar-refractivity contribution is 6.08. The van der Waals surface area contributed by atoms with Crippen molar-refractivity contribution in [2.24, 2.45) is 5.92 Å². The van der Waals surface area contributed by atoms with Gasteiger partial charge in [0.2, 0.25) is 0 Å². The minimum atomic E-state index is -0.171. The quantitative estimate of drug-likeness (QED) is 0.691. The first-order valence-electron chi connectivity index (χ1n) is 10.2. The van der Waals surface area contributed by atoms with Gasteiger partial charge in [-0.25, -0.2) is 4.98 Å². The third-order valence-electron chi connectivity index (χ3n) is 5.37. The number of nitrogens with zero attached hydrogens (tertiary/aromatic N) is 4. The van der Waals surface area contributed by atoms with Crippen LogP contribution in [0.25, 0.3) is 11.1 Å². The lowest BCUT2D eigenvalue weighted by atomic mass is 10.0. The van der Waals surface area contributed by atoms with Crippen LogP contribution in [0.15, 0.2) is 55.0 Å². The number of amides is 1. The van der Waals surface area contributed by atoms with Gasteiger partial charge in [-0.1, -0.05) is 37.3 Å². The maximum atomic E-state index is 13.1. The van der Waals surface area contributed by atoms with Crippen molar-refractivity contribution in [3.8, 4) is 11.1 Å². The number of carbonyl (C=O) groups excluding carboxylic acids is 1. The molecule has 3 heterocycles. The molecule has 0 unspecified atom stereocenters. The Morgan fingerprint density at radius 1 is 1.21 bits per heavy atom. The van der Waals surface area contributed by atoms with Crippen LogP contribution in [0.4, 0.5) is 11.5 Å². The van der Waals surface area contributed by atoms with Crippen molar-refractivity contribution in [3.63, 3.8) is 0 Å². The maximum Gasteiger partial charge on any atom is 0.258 e. The van der Waals surface area contributed by atoms with E-state index >= 15 is 0 Å². The van der Waals surface area contributed by atoms with Crippen LogP contribution in [0.2, 0.25) is 0 Å². The molecule has 0 aliphatic carbocycles. The summed E-state index contributed by atoms with van der Waals surface area (Å²) in [6.07, 6.45) is 6.36. The molecule has 150 valence electrons. The Kier molecular flexibility index (Phi) is 5.34. The van der Waals surface area contributed by atoms with Crippen LogP contribution in [-0.2, 0) is 0 Å². The lowest BCUT2D eigenvalue weighted by Crippen LogP contribution is -2.23. The van der Waals surface area contributed by atoms with Crippen molar-refractivity contribution >= 4 is 17.4 Å². The molecule has 1 atom stereocenters. The van der Waals surface area contributed by atoms with Gasteiger partial charge in [-0.3, -0.25) is 9.48 Å². The summed E-state index contributed by atoms with van der Waals surface area (Å²) in [5, 5.41) is 7.44. The highest BCUT2D eigenvalue weighted by atomic mass is 16.1. The molecule has 3 aromatic rings. The lowest BCUT2D eigenvalue weighted by molar-refractivity contribution is 0.102. The second kappa shape index (κ2) is 8.07. The molecular formula is C23H27N5O. The van der Waals surface area contributed by atoms with E-state index in [0.29, 0.717) is 11.5 Å². The number of hydrogen-bond acceptors (Lipinski definition) is 4. The average Bonchev–Trinajstić information content (AvgIpc) is 3.38. The zero-order chi connectivity index (χ0) is 20.4. The first-order valence-corrected chi connectivity index (χ1v) is 10.2. The van der Waals surface area contributed by atoms with E-state index in [-0.39, 0.29) is 11.9 Å². The van der Waals surface area contributed by atoms with Crippen molar-refractivity contribution in [2.75, 3.05) is 23.3 Å². The van der Waals surface area contributed by atoms with Crippen LogP contribution in [0.1, 0.15) is 43.6 Å². The monoisotopic (exact) mass is 389 g/mol. The van der Waals surface area contributed by atoms with Gasteiger partial charge in [0.25, 0.3) is 5.91 Å². The Hall–Kier alpha value is -3.15. The third-order valence-corrected chi connectivity index (χ3v) is 5.37. The maximum absolute atomic E-state index is 13.1. The van der Waals surface area contributed by atoms with Gasteiger partial charge in [-0.05, 0) is 37.8 Å². The number of pyridine rings is 1. The molecule has 1 aliphatic rings. The molecule has 1 fully saturated rings. The van der Waals surface area contributed by atoms with Gasteiger partial charge in [0.15, 0.2) is 5.82 Å². The van der Waals surface area contributed by atoms with Crippen molar-refractivity contribution in [1.29, 1.82) is 0 Å². The van der Waals surface area contributed by atoms with E-state index < -0.39 is 0 Å². The van der Waals surface area contributed by atoms with E-state index in [1.165, 1.54) is 0 Å². The fraction of sp³-hybridized carbons (Fsp3) is 0.348. The summed E-state index contributed by atoms with van der Waals surface area (Å²) >= 11 is 0. The summed E-state index contributed by atoms with van der Waals surface area (Å²) in [7, 11) is 0. The van der Waals surface area contributed by atoms with Crippen molar-refractivity contribution in [1.82, 2.24) is 14.8 Å². The first kappa shape index (κ1) is 19.2. The zero-order valence-electron chi connectivity index (χ0n) is 17.2. The smallest absolute Gasteiger partial charge is 0.258 e. The molecule has 29 heavy (non-hydrogen) atoms. The molecule has 1 amide bonds. The molecule has 0 bridgehead atoms. The molecule has 0 saturated carbocycles. The van der Waals surface area contributed by atoms with Crippen molar-refractivity contribution in [3.05, 3.63) is 60.6 Å². The second-order valence-corrected chi connectivity index (χ2v) is 8.02. The van der Waals surface area contributed by atoms with Gasteiger partial charge in [-0.2, -0.15) is 5.10 Å². The topological polar surface area (TPSA) is 63.1 Å². The van der Waals surface area contributed by atoms with E-state index in [4.69, 9.17) is 0 Å². The number of carbonyl (C=O) groups is 1. The molecule has 1 aromatic carbocycles. The minimum absolute atomic E-state index is 0.171. The van der Waals surface area contributed by atoms with E-state index in [2.05, 4.69) is 39.4 Å². The van der Waals surface area contributed by atoms with Gasteiger partial charge in [0, 0.05) is 37.1 Å². The summed E-state index contributed by atoms with van der Waals surface area (Å²) in [5.41, 5.74) is 3.33. The molecule has 0 spiro atoms. The van der Waals surface area contributed by atoms with Gasteiger partial charge in [0.05, 0.1) is 17.4 Å². The van der Waals surface area contributed by atoms with Gasteiger partial charge < -0.3 is 10.2 Å². The number of benzene rings is 1. The van der Waals surface area contributed by atoms with E-state index in [1.54, 1.807) is 17.1 Å². The molecule has 1 aliphatic heterocycles. The zero-order valence-corrected chi connectivity index (χ0v) is 17.2. The molecule has 0 radical (unpaired) electrons. The van der Waals surface area contributed by atoms with Gasteiger partial charge in [-0.15, -0.1) is 0 Å². The predicted molar refractivity (Wildman–Crippen MR) is 116 cm³/mol. The highest BCUT2D eigenvalue weighted by Gasteiger charge is 2.25. The van der Waals surface area contributed by atoms with Crippen LogP contribution in [-0.4, -0.2) is 33.8 Å². The average molecular weight is 390 g/mol. The van der Waals surface area contributed by atoms with E-state index in [9.17, 15) is 4.79 Å². The Labute approximate surface area is 171 Å². The molecule has 4 rings (SSSR count). The van der Waals surface area contributed by atoms with Gasteiger partial charge >= 0.3 is 0 Å². The fourth-order valence-corrected chi connectivity index (χ4v) is 3.72. The van der Waals surface area contributed by atoms with E-state index in [0.717, 1.165) is 42.1 Å². The summed E-state index contributed by atoms with van der Waals surface area (Å²) < 4.78 is 1.79. The molecule has 1 N–H and O–H groups in total. The summed E-state index contributed by atoms with van der Waals surface area (Å²) in [4.78, 5) is 20.0. The molecule has 2 aromatic heterocycles. The molecule has 6 heteroatoms. The molecular weight excluding hydrogens is 362 g/mol. The van der Waals surface area contributed by atoms with Crippen LogP contribution in [0.5, 0.6) is 0 Å². The van der Waals surface area contributed by atoms with Gasteiger partial charge in [0.1, 0.15) is 0 Å². The van der Waals surface area contributed by atoms with Crippen LogP contribution in [0, 0.1) is 5.92 Å². The lowest BCUT2D eigenvalue weighted by Gasteiger charge is -2.23. The fourth-order valence-electron chi connectivity index (χ4n) is 3.72. The Bertz CT molecular complexity index is 996. The van der Waals surface area contributed by atoms with Crippen LogP contribution in [0.3, 0.4) is 0 Å². The Balaban J connectivity index is 1.73. The van der Waals surface area contributed by atoms with E-state index in [1.807, 2.05) is 44.3 Å². The predicted octanol–water partition coefficient (Wildman–Crippen LogP) is 4.62. The molecule has 1 saturated heterocycles. The number of aromatic nitrogens is 3. The summed E-state index contributed by atoms with van der Waals surface area (Å²) in [6, 6.07) is 12.3. The number of anilines is 2. The van der Waals surface area contributed by atoms with Crippen molar-refractivity contribution in [2.45, 2.75) is 33.2 Å².